The molecule has 1 heterocycles. The van der Waals surface area contributed by atoms with Crippen LogP contribution in [-0.4, -0.2) is 18.5 Å². The molecule has 2 aromatic rings. The van der Waals surface area contributed by atoms with E-state index in [1.165, 1.54) is 0 Å². The van der Waals surface area contributed by atoms with Gasteiger partial charge >= 0.3 is 0 Å². The van der Waals surface area contributed by atoms with E-state index >= 15 is 0 Å². The molecule has 1 amide bonds. The predicted octanol–water partition coefficient (Wildman–Crippen LogP) is 3.49. The van der Waals surface area contributed by atoms with E-state index in [0.717, 1.165) is 29.8 Å². The minimum atomic E-state index is -1.55. The Labute approximate surface area is 131 Å². The number of carbonyl (C=O) groups excluding carboxylic acids is 1. The second-order valence-electron chi connectivity index (χ2n) is 5.52. The highest BCUT2D eigenvalue weighted by molar-refractivity contribution is 5.98. The van der Waals surface area contributed by atoms with Crippen molar-refractivity contribution in [2.75, 3.05) is 16.8 Å². The molecule has 23 heavy (non-hydrogen) atoms. The van der Waals surface area contributed by atoms with Crippen molar-refractivity contribution in [3.05, 3.63) is 59.4 Å². The second kappa shape index (κ2) is 5.95. The molecular formula is C17H15F3N2O. The maximum Gasteiger partial charge on any atom is 0.246 e. The number of hydrogen-bond acceptors (Lipinski definition) is 2. The lowest BCUT2D eigenvalue weighted by Crippen LogP contribution is -2.39. The number of anilines is 2. The summed E-state index contributed by atoms with van der Waals surface area (Å²) in [7, 11) is 0. The third-order valence-corrected chi connectivity index (χ3v) is 3.94. The average molecular weight is 320 g/mol. The van der Waals surface area contributed by atoms with Gasteiger partial charge in [-0.25, -0.2) is 13.2 Å². The lowest BCUT2D eigenvalue weighted by atomic mass is 10.1. The summed E-state index contributed by atoms with van der Waals surface area (Å²) in [6, 6.07) is 9.46. The monoisotopic (exact) mass is 320 g/mol. The predicted molar refractivity (Wildman–Crippen MR) is 81.9 cm³/mol. The summed E-state index contributed by atoms with van der Waals surface area (Å²) in [6.45, 7) is 1.72. The number of carbonyl (C=O) groups is 1. The highest BCUT2D eigenvalue weighted by Crippen LogP contribution is 2.31. The van der Waals surface area contributed by atoms with Crippen LogP contribution in [0.15, 0.2) is 36.4 Å². The molecule has 0 saturated heterocycles. The van der Waals surface area contributed by atoms with Gasteiger partial charge < -0.3 is 10.2 Å². The zero-order valence-electron chi connectivity index (χ0n) is 12.4. The zero-order valence-corrected chi connectivity index (χ0v) is 12.4. The zero-order chi connectivity index (χ0) is 16.6. The summed E-state index contributed by atoms with van der Waals surface area (Å²) >= 11 is 0. The van der Waals surface area contributed by atoms with Gasteiger partial charge in [-0.15, -0.1) is 0 Å². The van der Waals surface area contributed by atoms with Crippen LogP contribution in [-0.2, 0) is 11.2 Å². The molecule has 2 aromatic carbocycles. The number of amides is 1. The molecule has 0 aliphatic carbocycles. The summed E-state index contributed by atoms with van der Waals surface area (Å²) in [5.41, 5.74) is 1.67. The fourth-order valence-corrected chi connectivity index (χ4v) is 2.86. The van der Waals surface area contributed by atoms with E-state index in [2.05, 4.69) is 5.32 Å². The Morgan fingerprint density at radius 2 is 1.91 bits per heavy atom. The van der Waals surface area contributed by atoms with Gasteiger partial charge in [0, 0.05) is 11.7 Å². The van der Waals surface area contributed by atoms with Crippen LogP contribution in [0.5, 0.6) is 0 Å². The molecule has 1 aliphatic rings. The van der Waals surface area contributed by atoms with E-state index in [1.807, 2.05) is 31.2 Å². The van der Waals surface area contributed by atoms with Crippen LogP contribution in [0.25, 0.3) is 0 Å². The maximum absolute atomic E-state index is 13.6. The van der Waals surface area contributed by atoms with Crippen LogP contribution in [0.4, 0.5) is 24.5 Å². The third-order valence-electron chi connectivity index (χ3n) is 3.94. The summed E-state index contributed by atoms with van der Waals surface area (Å²) < 4.78 is 39.7. The molecule has 0 aromatic heterocycles. The van der Waals surface area contributed by atoms with Gasteiger partial charge in [-0.2, -0.15) is 0 Å². The van der Waals surface area contributed by atoms with Gasteiger partial charge in [0.15, 0.2) is 17.5 Å². The fourth-order valence-electron chi connectivity index (χ4n) is 2.86. The van der Waals surface area contributed by atoms with Crippen LogP contribution in [0.2, 0.25) is 0 Å². The first-order valence-electron chi connectivity index (χ1n) is 7.26. The van der Waals surface area contributed by atoms with Gasteiger partial charge in [0.2, 0.25) is 5.91 Å². The van der Waals surface area contributed by atoms with Gasteiger partial charge in [0.25, 0.3) is 0 Å². The number of fused-ring (bicyclic) bond motifs is 1. The standard InChI is InChI=1S/C17H15F3N2O/c1-10-8-11-4-2-3-5-14(11)22(10)15(23)9-21-13-7-6-12(18)16(19)17(13)20/h2-7,10,21H,8-9H2,1H3. The summed E-state index contributed by atoms with van der Waals surface area (Å²) in [6.07, 6.45) is 0.751. The molecule has 3 rings (SSSR count). The lowest BCUT2D eigenvalue weighted by molar-refractivity contribution is -0.117. The number of hydrogen-bond donors (Lipinski definition) is 1. The molecule has 0 fully saturated rings. The number of para-hydroxylation sites is 1. The Kier molecular flexibility index (Phi) is 3.98. The van der Waals surface area contributed by atoms with Gasteiger partial charge in [-0.3, -0.25) is 4.79 Å². The molecule has 1 atom stereocenters. The van der Waals surface area contributed by atoms with Crippen LogP contribution >= 0.6 is 0 Å². The Morgan fingerprint density at radius 3 is 2.70 bits per heavy atom. The third kappa shape index (κ3) is 2.76. The minimum absolute atomic E-state index is 0.00324. The first kappa shape index (κ1) is 15.4. The maximum atomic E-state index is 13.6. The van der Waals surface area contributed by atoms with Crippen molar-refractivity contribution in [1.82, 2.24) is 0 Å². The lowest BCUT2D eigenvalue weighted by Gasteiger charge is -2.23. The van der Waals surface area contributed by atoms with Crippen molar-refractivity contribution in [3.8, 4) is 0 Å². The number of nitrogens with one attached hydrogen (secondary N) is 1. The largest absolute Gasteiger partial charge is 0.374 e. The van der Waals surface area contributed by atoms with Crippen LogP contribution in [0.3, 0.4) is 0 Å². The van der Waals surface area contributed by atoms with Crippen molar-refractivity contribution in [3.63, 3.8) is 0 Å². The molecule has 3 nitrogen and oxygen atoms in total. The van der Waals surface area contributed by atoms with E-state index in [1.54, 1.807) is 4.90 Å². The fraction of sp³-hybridized carbons (Fsp3) is 0.235. The van der Waals surface area contributed by atoms with Crippen molar-refractivity contribution in [1.29, 1.82) is 0 Å². The van der Waals surface area contributed by atoms with Gasteiger partial charge in [0.05, 0.1) is 12.2 Å². The highest BCUT2D eigenvalue weighted by Gasteiger charge is 2.30. The van der Waals surface area contributed by atoms with Gasteiger partial charge in [0.1, 0.15) is 0 Å². The van der Waals surface area contributed by atoms with Crippen molar-refractivity contribution >= 4 is 17.3 Å². The Balaban J connectivity index is 1.75. The topological polar surface area (TPSA) is 32.3 Å². The van der Waals surface area contributed by atoms with E-state index in [0.29, 0.717) is 0 Å². The molecule has 0 radical (unpaired) electrons. The molecule has 1 unspecified atom stereocenters. The number of benzene rings is 2. The Bertz CT molecular complexity index is 763. The van der Waals surface area contributed by atoms with E-state index in [-0.39, 0.29) is 24.2 Å². The molecule has 6 heteroatoms. The van der Waals surface area contributed by atoms with Crippen molar-refractivity contribution in [2.45, 2.75) is 19.4 Å². The Hall–Kier alpha value is -2.50. The van der Waals surface area contributed by atoms with Crippen LogP contribution < -0.4 is 10.2 Å². The summed E-state index contributed by atoms with van der Waals surface area (Å²) in [5, 5.41) is 2.54. The molecule has 0 spiro atoms. The number of nitrogens with zero attached hydrogens (tertiary/aromatic N) is 1. The summed E-state index contributed by atoms with van der Waals surface area (Å²) in [4.78, 5) is 14.1. The van der Waals surface area contributed by atoms with Crippen molar-refractivity contribution in [2.24, 2.45) is 0 Å². The smallest absolute Gasteiger partial charge is 0.246 e. The molecule has 0 saturated carbocycles. The highest BCUT2D eigenvalue weighted by atomic mass is 19.2. The van der Waals surface area contributed by atoms with E-state index in [4.69, 9.17) is 0 Å². The molecular weight excluding hydrogens is 305 g/mol. The van der Waals surface area contributed by atoms with Crippen LogP contribution in [0.1, 0.15) is 12.5 Å². The normalized spacial score (nSPS) is 16.3. The molecule has 1 N–H and O–H groups in total. The SMILES string of the molecule is CC1Cc2ccccc2N1C(=O)CNc1ccc(F)c(F)c1F. The van der Waals surface area contributed by atoms with Gasteiger partial charge in [-0.05, 0) is 37.1 Å². The van der Waals surface area contributed by atoms with Gasteiger partial charge in [-0.1, -0.05) is 18.2 Å². The average Bonchev–Trinajstić information content (AvgIpc) is 2.87. The second-order valence-corrected chi connectivity index (χ2v) is 5.52. The van der Waals surface area contributed by atoms with E-state index in [9.17, 15) is 18.0 Å². The number of rotatable bonds is 3. The van der Waals surface area contributed by atoms with E-state index < -0.39 is 17.5 Å². The quantitative estimate of drug-likeness (QED) is 0.878. The van der Waals surface area contributed by atoms with Crippen LogP contribution in [0, 0.1) is 17.5 Å². The molecule has 1 aliphatic heterocycles. The molecule has 120 valence electrons. The Morgan fingerprint density at radius 1 is 1.17 bits per heavy atom. The first-order valence-corrected chi connectivity index (χ1v) is 7.26. The summed E-state index contributed by atoms with van der Waals surface area (Å²) in [5.74, 6) is -4.40. The minimum Gasteiger partial charge on any atom is -0.374 e. The van der Waals surface area contributed by atoms with Crippen molar-refractivity contribution < 1.29 is 18.0 Å². The first-order chi connectivity index (χ1) is 11.0. The number of halogens is 3. The molecule has 0 bridgehead atoms.